The van der Waals surface area contributed by atoms with Gasteiger partial charge in [0.05, 0.1) is 0 Å². The Morgan fingerprint density at radius 1 is 1.00 bits per heavy atom. The van der Waals surface area contributed by atoms with E-state index in [4.69, 9.17) is 4.42 Å². The van der Waals surface area contributed by atoms with E-state index in [1.165, 1.54) is 6.07 Å². The Morgan fingerprint density at radius 2 is 1.72 bits per heavy atom. The van der Waals surface area contributed by atoms with Gasteiger partial charge >= 0.3 is 5.91 Å². The molecule has 0 saturated heterocycles. The molecule has 3 amide bonds. The zero-order valence-corrected chi connectivity index (χ0v) is 15.4. The van der Waals surface area contributed by atoms with E-state index in [-0.39, 0.29) is 24.5 Å². The van der Waals surface area contributed by atoms with E-state index in [2.05, 4.69) is 32.1 Å². The number of benzene rings is 1. The number of anilines is 1. The first-order valence-corrected chi connectivity index (χ1v) is 8.36. The number of carbonyl (C=O) groups is 3. The Bertz CT molecular complexity index is 801. The standard InChI is InChI=1S/C17H18BrN3O4/c1-10-3-4-12(11(2)9-10)19-15(22)7-8-16(23)20-21-17(24)13-5-6-14(18)25-13/h3-6,9H,7-8H2,1-2H3,(H,19,22)(H,20,23)(H,21,24). The molecule has 0 fully saturated rings. The number of amides is 3. The van der Waals surface area contributed by atoms with Gasteiger partial charge in [-0.2, -0.15) is 0 Å². The predicted octanol–water partition coefficient (Wildman–Crippen LogP) is 2.84. The van der Waals surface area contributed by atoms with Crippen molar-refractivity contribution in [2.45, 2.75) is 26.7 Å². The third-order valence-electron chi connectivity index (χ3n) is 3.35. The van der Waals surface area contributed by atoms with Crippen LogP contribution < -0.4 is 16.2 Å². The van der Waals surface area contributed by atoms with E-state index >= 15 is 0 Å². The van der Waals surface area contributed by atoms with Crippen LogP contribution in [0.4, 0.5) is 5.69 Å². The maximum atomic E-state index is 11.9. The first-order valence-electron chi connectivity index (χ1n) is 7.57. The van der Waals surface area contributed by atoms with Crippen molar-refractivity contribution < 1.29 is 18.8 Å². The van der Waals surface area contributed by atoms with Gasteiger partial charge in [0.25, 0.3) is 0 Å². The van der Waals surface area contributed by atoms with E-state index < -0.39 is 11.8 Å². The molecule has 2 rings (SSSR count). The molecule has 0 unspecified atom stereocenters. The van der Waals surface area contributed by atoms with Gasteiger partial charge < -0.3 is 9.73 Å². The minimum atomic E-state index is -0.584. The molecule has 132 valence electrons. The molecular formula is C17H18BrN3O4. The van der Waals surface area contributed by atoms with Crippen molar-refractivity contribution in [3.63, 3.8) is 0 Å². The molecule has 1 aromatic carbocycles. The van der Waals surface area contributed by atoms with Gasteiger partial charge in [-0.15, -0.1) is 0 Å². The third-order valence-corrected chi connectivity index (χ3v) is 3.77. The molecule has 0 aliphatic heterocycles. The van der Waals surface area contributed by atoms with Gasteiger partial charge in [-0.05, 0) is 53.5 Å². The molecule has 0 aliphatic carbocycles. The fourth-order valence-electron chi connectivity index (χ4n) is 2.08. The van der Waals surface area contributed by atoms with Crippen LogP contribution in [-0.2, 0) is 9.59 Å². The molecule has 8 heteroatoms. The maximum Gasteiger partial charge on any atom is 0.305 e. The van der Waals surface area contributed by atoms with E-state index in [1.807, 2.05) is 32.0 Å². The lowest BCUT2D eigenvalue weighted by Gasteiger charge is -2.09. The number of aryl methyl sites for hydroxylation is 2. The quantitative estimate of drug-likeness (QED) is 0.663. The van der Waals surface area contributed by atoms with Crippen LogP contribution in [0, 0.1) is 13.8 Å². The summed E-state index contributed by atoms with van der Waals surface area (Å²) in [5.41, 5.74) is 7.23. The van der Waals surface area contributed by atoms with E-state index in [0.29, 0.717) is 10.4 Å². The lowest BCUT2D eigenvalue weighted by molar-refractivity contribution is -0.124. The van der Waals surface area contributed by atoms with Gasteiger partial charge in [0.1, 0.15) is 0 Å². The summed E-state index contributed by atoms with van der Waals surface area (Å²) in [6.45, 7) is 3.87. The zero-order chi connectivity index (χ0) is 18.4. The summed E-state index contributed by atoms with van der Waals surface area (Å²) in [4.78, 5) is 35.3. The van der Waals surface area contributed by atoms with Crippen molar-refractivity contribution in [2.24, 2.45) is 0 Å². The van der Waals surface area contributed by atoms with Gasteiger partial charge in [0.15, 0.2) is 10.4 Å². The highest BCUT2D eigenvalue weighted by molar-refractivity contribution is 9.10. The predicted molar refractivity (Wildman–Crippen MR) is 95.8 cm³/mol. The minimum Gasteiger partial charge on any atom is -0.444 e. The third kappa shape index (κ3) is 5.75. The first-order chi connectivity index (χ1) is 11.8. The summed E-state index contributed by atoms with van der Waals surface area (Å²) in [5, 5.41) is 2.76. The van der Waals surface area contributed by atoms with Gasteiger partial charge in [-0.1, -0.05) is 17.7 Å². The SMILES string of the molecule is Cc1ccc(NC(=O)CCC(=O)NNC(=O)c2ccc(Br)o2)c(C)c1. The van der Waals surface area contributed by atoms with Crippen molar-refractivity contribution >= 4 is 39.3 Å². The number of hydrogen-bond donors (Lipinski definition) is 3. The molecule has 0 saturated carbocycles. The molecule has 0 radical (unpaired) electrons. The number of hydrogen-bond acceptors (Lipinski definition) is 4. The summed E-state index contributed by atoms with van der Waals surface area (Å²) < 4.78 is 5.46. The van der Waals surface area contributed by atoms with Gasteiger partial charge in [-0.3, -0.25) is 25.2 Å². The number of rotatable bonds is 5. The molecule has 0 atom stereocenters. The molecule has 1 heterocycles. The fraction of sp³-hybridized carbons (Fsp3) is 0.235. The molecule has 1 aromatic heterocycles. The Kier molecular flexibility index (Phi) is 6.35. The smallest absolute Gasteiger partial charge is 0.305 e. The van der Waals surface area contributed by atoms with Crippen LogP contribution >= 0.6 is 15.9 Å². The number of carbonyl (C=O) groups excluding carboxylic acids is 3. The number of hydrazine groups is 1. The van der Waals surface area contributed by atoms with Crippen molar-refractivity contribution in [1.29, 1.82) is 0 Å². The summed E-state index contributed by atoms with van der Waals surface area (Å²) in [6.07, 6.45) is -0.0554. The molecule has 0 aliphatic rings. The molecule has 2 aromatic rings. The Balaban J connectivity index is 1.74. The molecule has 7 nitrogen and oxygen atoms in total. The average molecular weight is 408 g/mol. The Labute approximate surface area is 153 Å². The molecule has 0 bridgehead atoms. The van der Waals surface area contributed by atoms with Gasteiger partial charge in [-0.25, -0.2) is 0 Å². The summed E-state index contributed by atoms with van der Waals surface area (Å²) in [6, 6.07) is 8.71. The highest BCUT2D eigenvalue weighted by Gasteiger charge is 2.12. The Morgan fingerprint density at radius 3 is 2.36 bits per heavy atom. The van der Waals surface area contributed by atoms with Crippen LogP contribution in [0.25, 0.3) is 0 Å². The lowest BCUT2D eigenvalue weighted by atomic mass is 10.1. The highest BCUT2D eigenvalue weighted by Crippen LogP contribution is 2.16. The summed E-state index contributed by atoms with van der Waals surface area (Å²) in [7, 11) is 0. The van der Waals surface area contributed by atoms with Crippen LogP contribution in [0.1, 0.15) is 34.5 Å². The van der Waals surface area contributed by atoms with Crippen molar-refractivity contribution in [2.75, 3.05) is 5.32 Å². The van der Waals surface area contributed by atoms with Gasteiger partial charge in [0.2, 0.25) is 11.8 Å². The van der Waals surface area contributed by atoms with Crippen LogP contribution in [0.2, 0.25) is 0 Å². The van der Waals surface area contributed by atoms with Crippen LogP contribution in [-0.4, -0.2) is 17.7 Å². The lowest BCUT2D eigenvalue weighted by Crippen LogP contribution is -2.41. The van der Waals surface area contributed by atoms with Crippen LogP contribution in [0.3, 0.4) is 0 Å². The topological polar surface area (TPSA) is 100 Å². The normalized spacial score (nSPS) is 10.2. The summed E-state index contributed by atoms with van der Waals surface area (Å²) >= 11 is 3.08. The second kappa shape index (κ2) is 8.48. The average Bonchev–Trinajstić information content (AvgIpc) is 3.00. The van der Waals surface area contributed by atoms with Crippen molar-refractivity contribution in [3.05, 3.63) is 51.9 Å². The van der Waals surface area contributed by atoms with Crippen molar-refractivity contribution in [3.8, 4) is 0 Å². The first kappa shape index (κ1) is 18.7. The molecule has 25 heavy (non-hydrogen) atoms. The molecular weight excluding hydrogens is 390 g/mol. The largest absolute Gasteiger partial charge is 0.444 e. The maximum absolute atomic E-state index is 11.9. The zero-order valence-electron chi connectivity index (χ0n) is 13.8. The van der Waals surface area contributed by atoms with Crippen LogP contribution in [0.15, 0.2) is 39.4 Å². The van der Waals surface area contributed by atoms with Gasteiger partial charge in [0, 0.05) is 18.5 Å². The minimum absolute atomic E-state index is 0.00131. The monoisotopic (exact) mass is 407 g/mol. The van der Waals surface area contributed by atoms with E-state index in [9.17, 15) is 14.4 Å². The van der Waals surface area contributed by atoms with E-state index in [0.717, 1.165) is 11.1 Å². The number of nitrogens with one attached hydrogen (secondary N) is 3. The highest BCUT2D eigenvalue weighted by atomic mass is 79.9. The Hall–Kier alpha value is -2.61. The van der Waals surface area contributed by atoms with Crippen LogP contribution in [0.5, 0.6) is 0 Å². The fourth-order valence-corrected chi connectivity index (χ4v) is 2.39. The number of halogens is 1. The molecule has 0 spiro atoms. The second-order valence-electron chi connectivity index (χ2n) is 5.47. The summed E-state index contributed by atoms with van der Waals surface area (Å²) in [5.74, 6) is -1.28. The molecule has 3 N–H and O–H groups in total. The number of furan rings is 1. The van der Waals surface area contributed by atoms with Crippen molar-refractivity contribution in [1.82, 2.24) is 10.9 Å². The van der Waals surface area contributed by atoms with E-state index in [1.54, 1.807) is 6.07 Å². The second-order valence-corrected chi connectivity index (χ2v) is 6.25.